The number of nitrogens with two attached hydrogens (primary N) is 1. The number of hydrogen-bond donors (Lipinski definition) is 6. The van der Waals surface area contributed by atoms with Gasteiger partial charge >= 0.3 is 11.6 Å². The average molecular weight is 528 g/mol. The van der Waals surface area contributed by atoms with Gasteiger partial charge in [-0.25, -0.2) is 10.3 Å². The molecule has 1 aliphatic rings. The molecular formula is C23H31F2N5O7. The lowest BCUT2D eigenvalue weighted by molar-refractivity contribution is -0.140. The molecule has 1 fully saturated rings. The number of aliphatic hydroxyl groups is 2. The second-order valence-electron chi connectivity index (χ2n) is 8.23. The van der Waals surface area contributed by atoms with E-state index in [1.807, 2.05) is 30.3 Å². The summed E-state index contributed by atoms with van der Waals surface area (Å²) in [6, 6.07) is 10.5. The number of nitrogens with zero attached hydrogens (tertiary/aromatic N) is 2. The van der Waals surface area contributed by atoms with E-state index in [2.05, 4.69) is 10.3 Å². The minimum absolute atomic E-state index is 0.0132. The second kappa shape index (κ2) is 14.3. The number of carbonyl (C=O) groups excluding carboxylic acids is 2. The molecule has 1 saturated heterocycles. The maximum Gasteiger partial charge on any atom is 0.351 e. The maximum atomic E-state index is 13.7. The molecule has 2 heterocycles. The van der Waals surface area contributed by atoms with Crippen LogP contribution < -0.4 is 22.2 Å². The fourth-order valence-electron chi connectivity index (χ4n) is 3.45. The number of nitrogens with one attached hydrogen (secondary N) is 2. The first kappa shape index (κ1) is 29.8. The highest BCUT2D eigenvalue weighted by Gasteiger charge is 2.59. The van der Waals surface area contributed by atoms with E-state index >= 15 is 0 Å². The number of para-hydroxylation sites is 1. The third-order valence-corrected chi connectivity index (χ3v) is 5.40. The molecule has 0 saturated carbocycles. The minimum atomic E-state index is -3.71. The molecule has 0 bridgehead atoms. The fourth-order valence-corrected chi connectivity index (χ4v) is 3.45. The summed E-state index contributed by atoms with van der Waals surface area (Å²) < 4.78 is 32.7. The number of aromatic nitrogens is 2. The van der Waals surface area contributed by atoms with E-state index in [1.165, 1.54) is 0 Å². The van der Waals surface area contributed by atoms with Crippen LogP contribution in [0.1, 0.15) is 44.8 Å². The molecule has 37 heavy (non-hydrogen) atoms. The highest BCUT2D eigenvalue weighted by molar-refractivity contribution is 5.90. The molecule has 0 aliphatic carbocycles. The van der Waals surface area contributed by atoms with Gasteiger partial charge < -0.3 is 26.0 Å². The lowest BCUT2D eigenvalue weighted by atomic mass is 10.1. The molecule has 2 amide bonds. The SMILES string of the molecule is Nc1ccn([C@@H]2O[C@H](CO)[C@@H](O)C2(F)F)c(=O)n1.O=C(CCCCCCC(=O)Nc1ccccc1)NO. The first-order valence-corrected chi connectivity index (χ1v) is 11.5. The van der Waals surface area contributed by atoms with E-state index in [4.69, 9.17) is 20.8 Å². The van der Waals surface area contributed by atoms with Gasteiger partial charge in [0.25, 0.3) is 0 Å². The smallest absolute Gasteiger partial charge is 0.351 e. The average Bonchev–Trinajstić information content (AvgIpc) is 3.10. The third kappa shape index (κ3) is 8.86. The van der Waals surface area contributed by atoms with Crippen molar-refractivity contribution in [1.82, 2.24) is 15.0 Å². The van der Waals surface area contributed by atoms with Crippen molar-refractivity contribution in [2.24, 2.45) is 0 Å². The Morgan fingerprint density at radius 1 is 1.08 bits per heavy atom. The summed E-state index contributed by atoms with van der Waals surface area (Å²) in [5.74, 6) is -4.17. The standard InChI is InChI=1S/C14H20N2O3.C9H11F2N3O4/c17-13(15-12-8-4-3-5-9-12)10-6-1-2-7-11-14(18)16-19;10-9(11)6(16)4(3-15)18-7(9)14-2-1-5(12)13-8(14)17/h3-5,8-9,19H,1-2,6-7,10-11H2,(H,15,17)(H,16,18);1-2,4,6-7,15-16H,3H2,(H2,12,13,17)/t;4-,6-,7-/m.1/s1. The molecule has 0 spiro atoms. The topological polar surface area (TPSA) is 189 Å². The van der Waals surface area contributed by atoms with Crippen molar-refractivity contribution in [3.8, 4) is 0 Å². The molecular weight excluding hydrogens is 496 g/mol. The van der Waals surface area contributed by atoms with E-state index in [0.29, 0.717) is 17.4 Å². The molecule has 7 N–H and O–H groups in total. The number of rotatable bonds is 10. The fraction of sp³-hybridized carbons (Fsp3) is 0.478. The van der Waals surface area contributed by atoms with Crippen LogP contribution in [0.2, 0.25) is 0 Å². The summed E-state index contributed by atoms with van der Waals surface area (Å²) in [6.45, 7) is -0.787. The summed E-state index contributed by atoms with van der Waals surface area (Å²) in [4.78, 5) is 37.0. The summed E-state index contributed by atoms with van der Waals surface area (Å²) >= 11 is 0. The Kier molecular flexibility index (Phi) is 11.5. The van der Waals surface area contributed by atoms with Crippen LogP contribution in [-0.2, 0) is 14.3 Å². The van der Waals surface area contributed by atoms with Crippen molar-refractivity contribution < 1.29 is 38.5 Å². The molecule has 0 unspecified atom stereocenters. The first-order valence-electron chi connectivity index (χ1n) is 11.5. The van der Waals surface area contributed by atoms with Gasteiger partial charge in [-0.3, -0.25) is 19.4 Å². The molecule has 1 aromatic carbocycles. The largest absolute Gasteiger partial charge is 0.394 e. The molecule has 2 aromatic rings. The number of anilines is 2. The zero-order valence-corrected chi connectivity index (χ0v) is 19.9. The van der Waals surface area contributed by atoms with Crippen LogP contribution in [-0.4, -0.2) is 61.5 Å². The van der Waals surface area contributed by atoms with E-state index in [1.54, 1.807) is 5.48 Å². The Morgan fingerprint density at radius 3 is 2.24 bits per heavy atom. The number of halogens is 2. The van der Waals surface area contributed by atoms with Crippen LogP contribution in [0.5, 0.6) is 0 Å². The van der Waals surface area contributed by atoms with Gasteiger partial charge in [0, 0.05) is 24.7 Å². The Bertz CT molecular complexity index is 1070. The van der Waals surface area contributed by atoms with Crippen molar-refractivity contribution in [3.05, 3.63) is 53.1 Å². The van der Waals surface area contributed by atoms with Crippen molar-refractivity contribution >= 4 is 23.3 Å². The van der Waals surface area contributed by atoms with Crippen molar-refractivity contribution in [2.75, 3.05) is 17.7 Å². The van der Waals surface area contributed by atoms with Crippen LogP contribution in [0.3, 0.4) is 0 Å². The van der Waals surface area contributed by atoms with Gasteiger partial charge in [-0.15, -0.1) is 0 Å². The van der Waals surface area contributed by atoms with E-state index < -0.39 is 36.7 Å². The number of alkyl halides is 2. The number of unbranched alkanes of at least 4 members (excludes halogenated alkanes) is 3. The molecule has 1 aromatic heterocycles. The van der Waals surface area contributed by atoms with Crippen molar-refractivity contribution in [3.63, 3.8) is 0 Å². The van der Waals surface area contributed by atoms with Gasteiger partial charge in [0.1, 0.15) is 11.9 Å². The number of carbonyl (C=O) groups is 2. The predicted molar refractivity (Wildman–Crippen MR) is 128 cm³/mol. The molecule has 14 heteroatoms. The van der Waals surface area contributed by atoms with Crippen LogP contribution in [0.4, 0.5) is 20.3 Å². The van der Waals surface area contributed by atoms with Gasteiger partial charge in [0.15, 0.2) is 6.10 Å². The van der Waals surface area contributed by atoms with Crippen molar-refractivity contribution in [1.29, 1.82) is 0 Å². The highest BCUT2D eigenvalue weighted by atomic mass is 19.3. The van der Waals surface area contributed by atoms with Gasteiger partial charge in [-0.1, -0.05) is 31.0 Å². The number of aliphatic hydroxyl groups excluding tert-OH is 2. The molecule has 0 radical (unpaired) electrons. The number of nitrogen functional groups attached to an aromatic ring is 1. The zero-order chi connectivity index (χ0) is 27.4. The number of benzene rings is 1. The van der Waals surface area contributed by atoms with Gasteiger partial charge in [-0.2, -0.15) is 13.8 Å². The quantitative estimate of drug-likeness (QED) is 0.150. The van der Waals surface area contributed by atoms with Gasteiger partial charge in [0.05, 0.1) is 6.61 Å². The first-order chi connectivity index (χ1) is 17.6. The molecule has 1 aliphatic heterocycles. The molecule has 3 atom stereocenters. The van der Waals surface area contributed by atoms with Crippen molar-refractivity contribution in [2.45, 2.75) is 62.9 Å². The lowest BCUT2D eigenvalue weighted by Gasteiger charge is -2.20. The van der Waals surface area contributed by atoms with E-state index in [9.17, 15) is 28.3 Å². The Morgan fingerprint density at radius 2 is 1.70 bits per heavy atom. The van der Waals surface area contributed by atoms with Crippen LogP contribution in [0.15, 0.2) is 47.4 Å². The number of hydroxylamine groups is 1. The second-order valence-corrected chi connectivity index (χ2v) is 8.23. The number of amides is 2. The number of ether oxygens (including phenoxy) is 1. The van der Waals surface area contributed by atoms with Crippen LogP contribution in [0, 0.1) is 0 Å². The lowest BCUT2D eigenvalue weighted by Crippen LogP contribution is -2.41. The zero-order valence-electron chi connectivity index (χ0n) is 19.9. The molecule has 204 valence electrons. The normalized spacial score (nSPS) is 20.0. The predicted octanol–water partition coefficient (Wildman–Crippen LogP) is 1.18. The Balaban J connectivity index is 0.000000260. The van der Waals surface area contributed by atoms with Gasteiger partial charge in [-0.05, 0) is 31.0 Å². The Labute approximate surface area is 211 Å². The summed E-state index contributed by atoms with van der Waals surface area (Å²) in [7, 11) is 0. The summed E-state index contributed by atoms with van der Waals surface area (Å²) in [5.41, 5.74) is 6.62. The van der Waals surface area contributed by atoms with Crippen LogP contribution in [0.25, 0.3) is 0 Å². The van der Waals surface area contributed by atoms with E-state index in [0.717, 1.165) is 43.6 Å². The van der Waals surface area contributed by atoms with Crippen LogP contribution >= 0.6 is 0 Å². The summed E-state index contributed by atoms with van der Waals surface area (Å²) in [5, 5.41) is 29.2. The molecule has 3 rings (SSSR count). The third-order valence-electron chi connectivity index (χ3n) is 5.40. The summed E-state index contributed by atoms with van der Waals surface area (Å²) in [6.07, 6.45) is -0.556. The van der Waals surface area contributed by atoms with Gasteiger partial charge in [0.2, 0.25) is 18.0 Å². The Hall–Kier alpha value is -3.46. The van der Waals surface area contributed by atoms with E-state index in [-0.39, 0.29) is 17.6 Å². The maximum absolute atomic E-state index is 13.7. The minimum Gasteiger partial charge on any atom is -0.394 e. The number of hydrogen-bond acceptors (Lipinski definition) is 9. The molecule has 12 nitrogen and oxygen atoms in total. The monoisotopic (exact) mass is 527 g/mol. The highest BCUT2D eigenvalue weighted by Crippen LogP contribution is 2.41.